The fraction of sp³-hybridized carbons (Fsp3) is 0.125. The van der Waals surface area contributed by atoms with Crippen molar-refractivity contribution in [3.63, 3.8) is 0 Å². The summed E-state index contributed by atoms with van der Waals surface area (Å²) >= 11 is 3.59. The predicted molar refractivity (Wildman–Crippen MR) is 82.5 cm³/mol. The monoisotopic (exact) mass is 327 g/mol. The molecule has 3 nitrogen and oxygen atoms in total. The van der Waals surface area contributed by atoms with Crippen molar-refractivity contribution in [2.24, 2.45) is 0 Å². The Bertz CT molecular complexity index is 678. The number of hydrogen-bond acceptors (Lipinski definition) is 2. The third kappa shape index (κ3) is 3.33. The fourth-order valence-corrected chi connectivity index (χ4v) is 2.83. The van der Waals surface area contributed by atoms with Gasteiger partial charge in [0.15, 0.2) is 0 Å². The molecule has 2 aromatic carbocycles. The van der Waals surface area contributed by atoms with Crippen LogP contribution in [0, 0.1) is 0 Å². The maximum Gasteiger partial charge on any atom is 0.137 e. The molecule has 0 bridgehead atoms. The SMILES string of the molecule is Brc1cc(Cc2ccccc2)cc(Cn2cncn2)c1. The minimum atomic E-state index is 0.737. The minimum Gasteiger partial charge on any atom is -0.249 e. The summed E-state index contributed by atoms with van der Waals surface area (Å²) in [5.41, 5.74) is 3.83. The molecule has 0 aliphatic carbocycles. The van der Waals surface area contributed by atoms with E-state index in [1.165, 1.54) is 16.7 Å². The first-order valence-electron chi connectivity index (χ1n) is 6.44. The van der Waals surface area contributed by atoms with Crippen LogP contribution in [0.4, 0.5) is 0 Å². The van der Waals surface area contributed by atoms with Crippen molar-refractivity contribution in [2.45, 2.75) is 13.0 Å². The van der Waals surface area contributed by atoms with E-state index >= 15 is 0 Å². The molecule has 4 heteroatoms. The van der Waals surface area contributed by atoms with Crippen LogP contribution in [-0.4, -0.2) is 14.8 Å². The summed E-state index contributed by atoms with van der Waals surface area (Å²) in [6.45, 7) is 0.737. The van der Waals surface area contributed by atoms with Gasteiger partial charge in [0.1, 0.15) is 12.7 Å². The van der Waals surface area contributed by atoms with Gasteiger partial charge < -0.3 is 0 Å². The van der Waals surface area contributed by atoms with Gasteiger partial charge in [0.05, 0.1) is 6.54 Å². The lowest BCUT2D eigenvalue weighted by molar-refractivity contribution is 0.684. The van der Waals surface area contributed by atoms with Crippen molar-refractivity contribution in [1.29, 1.82) is 0 Å². The Kier molecular flexibility index (Phi) is 3.92. The second-order valence-corrected chi connectivity index (χ2v) is 5.64. The molecule has 0 radical (unpaired) electrons. The summed E-state index contributed by atoms with van der Waals surface area (Å²) in [4.78, 5) is 3.97. The highest BCUT2D eigenvalue weighted by Gasteiger charge is 2.02. The Balaban J connectivity index is 1.83. The molecule has 0 fully saturated rings. The zero-order valence-corrected chi connectivity index (χ0v) is 12.5. The second kappa shape index (κ2) is 6.01. The molecule has 0 aliphatic rings. The zero-order valence-electron chi connectivity index (χ0n) is 10.9. The Hall–Kier alpha value is -1.94. The van der Waals surface area contributed by atoms with Crippen LogP contribution in [0.1, 0.15) is 16.7 Å². The van der Waals surface area contributed by atoms with Crippen LogP contribution in [0.2, 0.25) is 0 Å². The average Bonchev–Trinajstić information content (AvgIpc) is 2.92. The Labute approximate surface area is 126 Å². The lowest BCUT2D eigenvalue weighted by atomic mass is 10.0. The van der Waals surface area contributed by atoms with Crippen LogP contribution in [0.15, 0.2) is 65.7 Å². The molecule has 0 saturated heterocycles. The largest absolute Gasteiger partial charge is 0.249 e. The van der Waals surface area contributed by atoms with Crippen LogP contribution >= 0.6 is 15.9 Å². The Morgan fingerprint density at radius 1 is 0.950 bits per heavy atom. The summed E-state index contributed by atoms with van der Waals surface area (Å²) in [5.74, 6) is 0. The summed E-state index contributed by atoms with van der Waals surface area (Å²) < 4.78 is 2.93. The molecule has 0 aliphatic heterocycles. The predicted octanol–water partition coefficient (Wildman–Crippen LogP) is 3.68. The van der Waals surface area contributed by atoms with Crippen molar-refractivity contribution in [3.05, 3.63) is 82.3 Å². The molecule has 3 rings (SSSR count). The van der Waals surface area contributed by atoms with E-state index < -0.39 is 0 Å². The standard InChI is InChI=1S/C16H14BrN3/c17-16-8-14(6-13-4-2-1-3-5-13)7-15(9-16)10-20-12-18-11-19-20/h1-5,7-9,11-12H,6,10H2. The molecule has 1 heterocycles. The zero-order chi connectivity index (χ0) is 13.8. The molecule has 0 saturated carbocycles. The first-order chi connectivity index (χ1) is 9.79. The van der Waals surface area contributed by atoms with Gasteiger partial charge in [0.2, 0.25) is 0 Å². The van der Waals surface area contributed by atoms with Crippen LogP contribution in [0.5, 0.6) is 0 Å². The minimum absolute atomic E-state index is 0.737. The fourth-order valence-electron chi connectivity index (χ4n) is 2.24. The quantitative estimate of drug-likeness (QED) is 0.731. The molecule has 0 atom stereocenters. The lowest BCUT2D eigenvalue weighted by Gasteiger charge is -2.07. The number of hydrogen-bond donors (Lipinski definition) is 0. The van der Waals surface area contributed by atoms with Gasteiger partial charge in [-0.2, -0.15) is 5.10 Å². The maximum atomic E-state index is 4.15. The van der Waals surface area contributed by atoms with Gasteiger partial charge in [0, 0.05) is 4.47 Å². The summed E-state index contributed by atoms with van der Waals surface area (Å²) in [5, 5.41) is 4.15. The van der Waals surface area contributed by atoms with Crippen LogP contribution in [0.3, 0.4) is 0 Å². The van der Waals surface area contributed by atoms with Gasteiger partial charge in [-0.1, -0.05) is 52.3 Å². The van der Waals surface area contributed by atoms with E-state index in [2.05, 4.69) is 68.5 Å². The van der Waals surface area contributed by atoms with Gasteiger partial charge >= 0.3 is 0 Å². The van der Waals surface area contributed by atoms with Gasteiger partial charge in [-0.15, -0.1) is 0 Å². The van der Waals surface area contributed by atoms with Crippen LogP contribution < -0.4 is 0 Å². The maximum absolute atomic E-state index is 4.15. The third-order valence-electron chi connectivity index (χ3n) is 3.08. The summed E-state index contributed by atoms with van der Waals surface area (Å²) in [6.07, 6.45) is 4.23. The molecule has 100 valence electrons. The molecule has 20 heavy (non-hydrogen) atoms. The van der Waals surface area contributed by atoms with E-state index in [4.69, 9.17) is 0 Å². The van der Waals surface area contributed by atoms with E-state index in [0.29, 0.717) is 0 Å². The van der Waals surface area contributed by atoms with E-state index in [0.717, 1.165) is 17.4 Å². The van der Waals surface area contributed by atoms with E-state index in [9.17, 15) is 0 Å². The first kappa shape index (κ1) is 13.1. The highest BCUT2D eigenvalue weighted by Crippen LogP contribution is 2.19. The van der Waals surface area contributed by atoms with Crippen molar-refractivity contribution in [1.82, 2.24) is 14.8 Å². The van der Waals surface area contributed by atoms with E-state index in [1.807, 2.05) is 10.7 Å². The van der Waals surface area contributed by atoms with Crippen molar-refractivity contribution >= 4 is 15.9 Å². The van der Waals surface area contributed by atoms with E-state index in [-0.39, 0.29) is 0 Å². The summed E-state index contributed by atoms with van der Waals surface area (Å²) in [6, 6.07) is 17.0. The molecule has 0 N–H and O–H groups in total. The highest BCUT2D eigenvalue weighted by molar-refractivity contribution is 9.10. The lowest BCUT2D eigenvalue weighted by Crippen LogP contribution is -2.01. The Morgan fingerprint density at radius 3 is 2.50 bits per heavy atom. The van der Waals surface area contributed by atoms with E-state index in [1.54, 1.807) is 12.7 Å². The molecule has 1 aromatic heterocycles. The van der Waals surface area contributed by atoms with Crippen molar-refractivity contribution in [2.75, 3.05) is 0 Å². The highest BCUT2D eigenvalue weighted by atomic mass is 79.9. The van der Waals surface area contributed by atoms with Gasteiger partial charge in [0.25, 0.3) is 0 Å². The van der Waals surface area contributed by atoms with Gasteiger partial charge in [-0.3, -0.25) is 0 Å². The van der Waals surface area contributed by atoms with Crippen LogP contribution in [0.25, 0.3) is 0 Å². The number of rotatable bonds is 4. The van der Waals surface area contributed by atoms with Crippen molar-refractivity contribution in [3.8, 4) is 0 Å². The molecular formula is C16H14BrN3. The number of halogens is 1. The molecule has 0 spiro atoms. The second-order valence-electron chi connectivity index (χ2n) is 4.72. The number of nitrogens with zero attached hydrogens (tertiary/aromatic N) is 3. The number of benzene rings is 2. The number of aromatic nitrogens is 3. The smallest absolute Gasteiger partial charge is 0.137 e. The average molecular weight is 328 g/mol. The van der Waals surface area contributed by atoms with Crippen LogP contribution in [-0.2, 0) is 13.0 Å². The first-order valence-corrected chi connectivity index (χ1v) is 7.23. The van der Waals surface area contributed by atoms with Gasteiger partial charge in [-0.05, 0) is 35.2 Å². The molecule has 0 unspecified atom stereocenters. The van der Waals surface area contributed by atoms with Crippen molar-refractivity contribution < 1.29 is 0 Å². The molecule has 0 amide bonds. The normalized spacial score (nSPS) is 10.7. The summed E-state index contributed by atoms with van der Waals surface area (Å²) in [7, 11) is 0. The molecular weight excluding hydrogens is 314 g/mol. The molecule has 3 aromatic rings. The van der Waals surface area contributed by atoms with Gasteiger partial charge in [-0.25, -0.2) is 9.67 Å². The Morgan fingerprint density at radius 2 is 1.75 bits per heavy atom. The third-order valence-corrected chi connectivity index (χ3v) is 3.54. The topological polar surface area (TPSA) is 30.7 Å².